The summed E-state index contributed by atoms with van der Waals surface area (Å²) in [6.07, 6.45) is 0.881. The first-order valence-electron chi connectivity index (χ1n) is 9.68. The number of fused-ring (bicyclic) bond motifs is 3. The molecule has 0 aromatic heterocycles. The van der Waals surface area contributed by atoms with Crippen molar-refractivity contribution in [2.24, 2.45) is 0 Å². The molecule has 0 spiro atoms. The summed E-state index contributed by atoms with van der Waals surface area (Å²) in [5.41, 5.74) is 9.10. The fourth-order valence-electron chi connectivity index (χ4n) is 3.60. The van der Waals surface area contributed by atoms with E-state index in [9.17, 15) is 0 Å². The zero-order valence-electron chi connectivity index (χ0n) is 15.9. The Balaban J connectivity index is 1.41. The van der Waals surface area contributed by atoms with Gasteiger partial charge in [-0.3, -0.25) is 0 Å². The smallest absolute Gasteiger partial charge is 0.0331 e. The van der Waals surface area contributed by atoms with Crippen LogP contribution in [0.5, 0.6) is 0 Å². The molecule has 0 heteroatoms. The lowest BCUT2D eigenvalue weighted by atomic mass is 10.0. The van der Waals surface area contributed by atoms with Gasteiger partial charge in [-0.1, -0.05) is 72.2 Å². The van der Waals surface area contributed by atoms with Crippen LogP contribution in [-0.2, 0) is 6.42 Å². The Labute approximate surface area is 171 Å². The van der Waals surface area contributed by atoms with Crippen LogP contribution in [-0.4, -0.2) is 0 Å². The molecule has 0 aliphatic heterocycles. The predicted octanol–water partition coefficient (Wildman–Crippen LogP) is 5.86. The average Bonchev–Trinajstić information content (AvgIpc) is 3.14. The van der Waals surface area contributed by atoms with Gasteiger partial charge in [-0.05, 0) is 71.1 Å². The average molecular weight is 365 g/mol. The first-order chi connectivity index (χ1) is 14.3. The summed E-state index contributed by atoms with van der Waals surface area (Å²) in [5.74, 6) is 13.0. The van der Waals surface area contributed by atoms with Crippen molar-refractivity contribution in [3.63, 3.8) is 0 Å². The van der Waals surface area contributed by atoms with E-state index in [1.165, 1.54) is 22.3 Å². The van der Waals surface area contributed by atoms with E-state index in [4.69, 9.17) is 0 Å². The molecule has 0 bridgehead atoms. The highest BCUT2D eigenvalue weighted by Gasteiger charge is 2.18. The summed E-state index contributed by atoms with van der Waals surface area (Å²) >= 11 is 0. The highest BCUT2D eigenvalue weighted by molar-refractivity contribution is 5.78. The van der Waals surface area contributed by atoms with E-state index >= 15 is 0 Å². The largest absolute Gasteiger partial charge is 0.0622 e. The van der Waals surface area contributed by atoms with Crippen LogP contribution >= 0.6 is 0 Å². The van der Waals surface area contributed by atoms with E-state index in [1.807, 2.05) is 60.7 Å². The van der Waals surface area contributed by atoms with Gasteiger partial charge in [0.05, 0.1) is 0 Å². The van der Waals surface area contributed by atoms with Crippen molar-refractivity contribution in [3.05, 3.63) is 130 Å². The Morgan fingerprint density at radius 1 is 0.552 bits per heavy atom. The van der Waals surface area contributed by atoms with Crippen LogP contribution < -0.4 is 0 Å². The normalized spacial score (nSPS) is 10.8. The molecule has 4 aromatic rings. The lowest BCUT2D eigenvalue weighted by Gasteiger charge is -2.01. The van der Waals surface area contributed by atoms with Crippen LogP contribution in [0.3, 0.4) is 0 Å². The van der Waals surface area contributed by atoms with Crippen LogP contribution in [0.25, 0.3) is 11.1 Å². The Kier molecular flexibility index (Phi) is 4.46. The van der Waals surface area contributed by atoms with Gasteiger partial charge in [0, 0.05) is 28.3 Å². The van der Waals surface area contributed by atoms with Gasteiger partial charge < -0.3 is 0 Å². The topological polar surface area (TPSA) is 0 Å². The van der Waals surface area contributed by atoms with E-state index < -0.39 is 0 Å². The Morgan fingerprint density at radius 2 is 1.17 bits per heavy atom. The van der Waals surface area contributed by atoms with Gasteiger partial charge in [-0.25, -0.2) is 0 Å². The summed E-state index contributed by atoms with van der Waals surface area (Å²) in [6.45, 7) is 0. The second kappa shape index (κ2) is 7.55. The Hall–Kier alpha value is -4.00. The molecule has 0 saturated carbocycles. The highest BCUT2D eigenvalue weighted by atomic mass is 14.2. The van der Waals surface area contributed by atoms with Crippen LogP contribution in [0, 0.1) is 29.7 Å². The van der Waals surface area contributed by atoms with E-state index in [1.54, 1.807) is 0 Å². The van der Waals surface area contributed by atoms with Crippen molar-refractivity contribution < 1.29 is 0 Å². The lowest BCUT2D eigenvalue weighted by molar-refractivity contribution is 1.25. The highest BCUT2D eigenvalue weighted by Crippen LogP contribution is 2.37. The lowest BCUT2D eigenvalue weighted by Crippen LogP contribution is -1.84. The second-order valence-corrected chi connectivity index (χ2v) is 7.04. The molecule has 0 unspecified atom stereocenters. The number of hydrogen-bond acceptors (Lipinski definition) is 0. The van der Waals surface area contributed by atoms with Crippen molar-refractivity contribution in [3.8, 4) is 34.8 Å². The Bertz CT molecular complexity index is 1200. The molecule has 1 aliphatic carbocycles. The number of benzene rings is 4. The van der Waals surface area contributed by atoms with Gasteiger partial charge in [0.2, 0.25) is 0 Å². The van der Waals surface area contributed by atoms with Crippen LogP contribution in [0.2, 0.25) is 0 Å². The fraction of sp³-hybridized carbons (Fsp3) is 0.0345. The third-order valence-corrected chi connectivity index (χ3v) is 5.03. The van der Waals surface area contributed by atoms with E-state index in [-0.39, 0.29) is 0 Å². The fourth-order valence-corrected chi connectivity index (χ4v) is 3.60. The zero-order chi connectivity index (χ0) is 19.5. The molecule has 0 amide bonds. The van der Waals surface area contributed by atoms with E-state index in [2.05, 4.69) is 60.1 Å². The summed E-state index contributed by atoms with van der Waals surface area (Å²) in [4.78, 5) is 0. The molecule has 0 fully saturated rings. The number of hydrogen-bond donors (Lipinski definition) is 0. The second-order valence-electron chi connectivity index (χ2n) is 7.04. The van der Waals surface area contributed by atoms with Crippen molar-refractivity contribution in [2.75, 3.05) is 0 Å². The molecular weight excluding hydrogens is 348 g/mol. The first-order valence-corrected chi connectivity index (χ1v) is 9.68. The van der Waals surface area contributed by atoms with Crippen LogP contribution in [0.15, 0.2) is 91.0 Å². The minimum atomic E-state index is 0.881. The molecule has 4 aromatic carbocycles. The minimum Gasteiger partial charge on any atom is -0.0622 e. The number of rotatable bonds is 0. The van der Waals surface area contributed by atoms with Crippen molar-refractivity contribution in [2.45, 2.75) is 6.42 Å². The molecule has 0 nitrogen and oxygen atoms in total. The molecule has 133 valence electrons. The molecule has 0 atom stereocenters. The maximum atomic E-state index is 3.51. The van der Waals surface area contributed by atoms with Crippen molar-refractivity contribution in [1.82, 2.24) is 0 Å². The molecule has 1 aliphatic rings. The molecule has 29 heavy (non-hydrogen) atoms. The van der Waals surface area contributed by atoms with E-state index in [0.29, 0.717) is 0 Å². The third kappa shape index (κ3) is 3.70. The molecular formula is C29H17. The minimum absolute atomic E-state index is 0.881. The summed E-state index contributed by atoms with van der Waals surface area (Å²) in [5, 5.41) is 0. The molecule has 0 N–H and O–H groups in total. The molecule has 0 heterocycles. The summed E-state index contributed by atoms with van der Waals surface area (Å²) in [7, 11) is 0. The first kappa shape index (κ1) is 17.1. The molecule has 0 saturated heterocycles. The monoisotopic (exact) mass is 365 g/mol. The van der Waals surface area contributed by atoms with Gasteiger partial charge in [-0.2, -0.15) is 0 Å². The SMILES string of the molecule is C(#Cc1ccccc1)c1[c]c2c(cc1)-c1ccc(C#Cc3ccccc3)cc1C2. The van der Waals surface area contributed by atoms with Crippen LogP contribution in [0.1, 0.15) is 33.4 Å². The maximum absolute atomic E-state index is 3.51. The van der Waals surface area contributed by atoms with Gasteiger partial charge in [0.15, 0.2) is 0 Å². The van der Waals surface area contributed by atoms with Crippen LogP contribution in [0.4, 0.5) is 0 Å². The third-order valence-electron chi connectivity index (χ3n) is 5.03. The van der Waals surface area contributed by atoms with E-state index in [0.717, 1.165) is 28.7 Å². The summed E-state index contributed by atoms with van der Waals surface area (Å²) in [6, 6.07) is 34.4. The molecule has 5 rings (SSSR count). The van der Waals surface area contributed by atoms with Crippen molar-refractivity contribution >= 4 is 0 Å². The zero-order valence-corrected chi connectivity index (χ0v) is 15.9. The maximum Gasteiger partial charge on any atom is 0.0331 e. The van der Waals surface area contributed by atoms with Gasteiger partial charge >= 0.3 is 0 Å². The van der Waals surface area contributed by atoms with Gasteiger partial charge in [0.25, 0.3) is 0 Å². The van der Waals surface area contributed by atoms with Gasteiger partial charge in [-0.15, -0.1) is 0 Å². The quantitative estimate of drug-likeness (QED) is 0.302. The van der Waals surface area contributed by atoms with Crippen molar-refractivity contribution in [1.29, 1.82) is 0 Å². The predicted molar refractivity (Wildman–Crippen MR) is 118 cm³/mol. The molecule has 1 radical (unpaired) electrons. The standard InChI is InChI=1S/C29H17/c1-3-7-22(8-4-1)11-13-24-15-17-28-26(19-24)21-27-20-25(16-18-29(27)28)14-12-23-9-5-2-6-10-23/h1-10,15-19H,21H2. The summed E-state index contributed by atoms with van der Waals surface area (Å²) < 4.78 is 0. The van der Waals surface area contributed by atoms with Gasteiger partial charge in [0.1, 0.15) is 0 Å². The Morgan fingerprint density at radius 3 is 1.90 bits per heavy atom.